The Kier molecular flexibility index (Phi) is 6.98. The molecule has 0 bridgehead atoms. The minimum absolute atomic E-state index is 0.00943. The summed E-state index contributed by atoms with van der Waals surface area (Å²) in [6, 6.07) is 7.90. The van der Waals surface area contributed by atoms with Gasteiger partial charge in [-0.2, -0.15) is 9.57 Å². The summed E-state index contributed by atoms with van der Waals surface area (Å²) in [7, 11) is -0.649. The van der Waals surface area contributed by atoms with E-state index in [2.05, 4.69) is 5.32 Å². The van der Waals surface area contributed by atoms with Gasteiger partial charge in [-0.3, -0.25) is 4.79 Å². The first-order valence-corrected chi connectivity index (χ1v) is 10.5. The van der Waals surface area contributed by atoms with Gasteiger partial charge in [-0.15, -0.1) is 0 Å². The fourth-order valence-electron chi connectivity index (χ4n) is 3.31. The quantitative estimate of drug-likeness (QED) is 0.766. The zero-order valence-corrected chi connectivity index (χ0v) is 16.9. The Morgan fingerprint density at radius 1 is 1.37 bits per heavy atom. The summed E-state index contributed by atoms with van der Waals surface area (Å²) in [5.41, 5.74) is -1.01. The molecule has 1 aromatic rings. The predicted octanol–water partition coefficient (Wildman–Crippen LogP) is 2.30. The zero-order valence-electron chi connectivity index (χ0n) is 16.1. The van der Waals surface area contributed by atoms with E-state index < -0.39 is 21.5 Å². The molecule has 1 fully saturated rings. The van der Waals surface area contributed by atoms with E-state index in [0.29, 0.717) is 0 Å². The molecule has 0 aliphatic heterocycles. The van der Waals surface area contributed by atoms with Crippen molar-refractivity contribution in [3.8, 4) is 6.07 Å². The molecule has 0 spiro atoms. The number of ether oxygens (including phenoxy) is 1. The Morgan fingerprint density at radius 3 is 2.63 bits per heavy atom. The molecule has 1 aromatic carbocycles. The maximum Gasteiger partial charge on any atom is 0.252 e. The van der Waals surface area contributed by atoms with Crippen molar-refractivity contribution < 1.29 is 17.9 Å². The van der Waals surface area contributed by atoms with Gasteiger partial charge in [-0.05, 0) is 38.0 Å². The molecular weight excluding hydrogens is 366 g/mol. The molecule has 0 radical (unpaired) electrons. The molecule has 7 nitrogen and oxygen atoms in total. The van der Waals surface area contributed by atoms with Crippen LogP contribution in [0, 0.1) is 11.3 Å². The first-order chi connectivity index (χ1) is 12.7. The number of carbonyl (C=O) groups is 1. The van der Waals surface area contributed by atoms with E-state index in [0.717, 1.165) is 32.1 Å². The SMILES string of the molecule is COCC(C)(C#N)NC(=O)c1cccc(S(=O)(=O)N(C)C2CCCCC2)c1. The number of benzene rings is 1. The third-order valence-electron chi connectivity index (χ3n) is 4.93. The maximum absolute atomic E-state index is 13.0. The highest BCUT2D eigenvalue weighted by Crippen LogP contribution is 2.26. The van der Waals surface area contributed by atoms with Crippen LogP contribution in [-0.4, -0.2) is 51.0 Å². The number of nitrogens with zero attached hydrogens (tertiary/aromatic N) is 2. The lowest BCUT2D eigenvalue weighted by Crippen LogP contribution is -2.48. The van der Waals surface area contributed by atoms with Gasteiger partial charge in [-0.25, -0.2) is 8.42 Å². The average Bonchev–Trinajstić information content (AvgIpc) is 2.68. The van der Waals surface area contributed by atoms with Gasteiger partial charge in [-0.1, -0.05) is 25.3 Å². The summed E-state index contributed by atoms with van der Waals surface area (Å²) < 4.78 is 32.3. The highest BCUT2D eigenvalue weighted by atomic mass is 32.2. The maximum atomic E-state index is 13.0. The first kappa shape index (κ1) is 21.4. The van der Waals surface area contributed by atoms with Crippen LogP contribution in [0.5, 0.6) is 0 Å². The monoisotopic (exact) mass is 393 g/mol. The van der Waals surface area contributed by atoms with Crippen LogP contribution in [0.3, 0.4) is 0 Å². The Bertz CT molecular complexity index is 812. The number of hydrogen-bond acceptors (Lipinski definition) is 5. The van der Waals surface area contributed by atoms with Gasteiger partial charge in [0.25, 0.3) is 5.91 Å². The Morgan fingerprint density at radius 2 is 2.04 bits per heavy atom. The lowest BCUT2D eigenvalue weighted by Gasteiger charge is -2.30. The highest BCUT2D eigenvalue weighted by Gasteiger charge is 2.30. The van der Waals surface area contributed by atoms with Crippen LogP contribution in [-0.2, 0) is 14.8 Å². The number of amides is 1. The summed E-state index contributed by atoms with van der Waals surface area (Å²) in [5, 5.41) is 11.9. The Balaban J connectivity index is 2.23. The van der Waals surface area contributed by atoms with Gasteiger partial charge in [0, 0.05) is 25.8 Å². The van der Waals surface area contributed by atoms with Crippen LogP contribution >= 0.6 is 0 Å². The third kappa shape index (κ3) is 5.06. The number of carbonyl (C=O) groups excluding carboxylic acids is 1. The summed E-state index contributed by atoms with van der Waals surface area (Å²) in [4.78, 5) is 12.6. The minimum Gasteiger partial charge on any atom is -0.381 e. The molecular formula is C19H27N3O4S. The van der Waals surface area contributed by atoms with E-state index in [9.17, 15) is 18.5 Å². The molecule has 1 amide bonds. The molecule has 1 aliphatic carbocycles. The van der Waals surface area contributed by atoms with Gasteiger partial charge in [0.1, 0.15) is 5.54 Å². The van der Waals surface area contributed by atoms with E-state index in [1.807, 2.05) is 6.07 Å². The second kappa shape index (κ2) is 8.83. The van der Waals surface area contributed by atoms with Crippen molar-refractivity contribution in [3.05, 3.63) is 29.8 Å². The van der Waals surface area contributed by atoms with Gasteiger partial charge in [0.2, 0.25) is 10.0 Å². The highest BCUT2D eigenvalue weighted by molar-refractivity contribution is 7.89. The molecule has 0 aromatic heterocycles. The van der Waals surface area contributed by atoms with Gasteiger partial charge in [0.15, 0.2) is 0 Å². The van der Waals surface area contributed by atoms with Crippen molar-refractivity contribution in [2.75, 3.05) is 20.8 Å². The molecule has 1 saturated carbocycles. The number of nitrogens with one attached hydrogen (secondary N) is 1. The van der Waals surface area contributed by atoms with Gasteiger partial charge < -0.3 is 10.1 Å². The lowest BCUT2D eigenvalue weighted by molar-refractivity contribution is 0.0860. The fraction of sp³-hybridized carbons (Fsp3) is 0.579. The first-order valence-electron chi connectivity index (χ1n) is 9.04. The molecule has 1 N–H and O–H groups in total. The molecule has 0 heterocycles. The van der Waals surface area contributed by atoms with Crippen LogP contribution in [0.15, 0.2) is 29.2 Å². The second-order valence-corrected chi connectivity index (χ2v) is 9.17. The molecule has 8 heteroatoms. The van der Waals surface area contributed by atoms with E-state index in [-0.39, 0.29) is 23.1 Å². The van der Waals surface area contributed by atoms with Crippen molar-refractivity contribution in [2.24, 2.45) is 0 Å². The standard InChI is InChI=1S/C19H27N3O4S/c1-19(13-20,14-26-3)21-18(23)15-8-7-11-17(12-15)27(24,25)22(2)16-9-5-4-6-10-16/h7-8,11-12,16H,4-6,9-10,14H2,1-3H3,(H,21,23). The number of sulfonamides is 1. The third-order valence-corrected chi connectivity index (χ3v) is 6.84. The second-order valence-electron chi connectivity index (χ2n) is 7.17. The Hall–Kier alpha value is -1.95. The number of nitriles is 1. The Labute approximate surface area is 161 Å². The molecule has 1 aliphatic rings. The number of rotatable bonds is 7. The van der Waals surface area contributed by atoms with Crippen LogP contribution < -0.4 is 5.32 Å². The van der Waals surface area contributed by atoms with Crippen LogP contribution in [0.25, 0.3) is 0 Å². The average molecular weight is 394 g/mol. The number of methoxy groups -OCH3 is 1. The van der Waals surface area contributed by atoms with E-state index in [4.69, 9.17) is 4.74 Å². The zero-order chi connectivity index (χ0) is 20.1. The van der Waals surface area contributed by atoms with Crippen LogP contribution in [0.4, 0.5) is 0 Å². The van der Waals surface area contributed by atoms with Crippen LogP contribution in [0.2, 0.25) is 0 Å². The predicted molar refractivity (Wildman–Crippen MR) is 102 cm³/mol. The topological polar surface area (TPSA) is 99.5 Å². The van der Waals surface area contributed by atoms with Crippen molar-refractivity contribution in [1.82, 2.24) is 9.62 Å². The van der Waals surface area contributed by atoms with E-state index >= 15 is 0 Å². The summed E-state index contributed by atoms with van der Waals surface area (Å²) in [5.74, 6) is -0.520. The van der Waals surface area contributed by atoms with E-state index in [1.54, 1.807) is 14.0 Å². The largest absolute Gasteiger partial charge is 0.381 e. The molecule has 2 rings (SSSR count). The molecule has 27 heavy (non-hydrogen) atoms. The smallest absolute Gasteiger partial charge is 0.252 e. The van der Waals surface area contributed by atoms with E-state index in [1.165, 1.54) is 35.7 Å². The molecule has 1 atom stereocenters. The normalized spacial score (nSPS) is 17.9. The lowest BCUT2D eigenvalue weighted by atomic mass is 9.96. The summed E-state index contributed by atoms with van der Waals surface area (Å²) >= 11 is 0. The molecule has 0 saturated heterocycles. The minimum atomic E-state index is -3.69. The molecule has 148 valence electrons. The summed E-state index contributed by atoms with van der Waals surface area (Å²) in [6.07, 6.45) is 4.90. The van der Waals surface area contributed by atoms with Crippen molar-refractivity contribution >= 4 is 15.9 Å². The van der Waals surface area contributed by atoms with Crippen molar-refractivity contribution in [3.63, 3.8) is 0 Å². The van der Waals surface area contributed by atoms with Crippen molar-refractivity contribution in [2.45, 2.75) is 55.5 Å². The van der Waals surface area contributed by atoms with Crippen LogP contribution in [0.1, 0.15) is 49.4 Å². The summed E-state index contributed by atoms with van der Waals surface area (Å²) in [6.45, 7) is 1.57. The number of hydrogen-bond donors (Lipinski definition) is 1. The van der Waals surface area contributed by atoms with Gasteiger partial charge in [0.05, 0.1) is 17.6 Å². The van der Waals surface area contributed by atoms with Crippen molar-refractivity contribution in [1.29, 1.82) is 5.26 Å². The van der Waals surface area contributed by atoms with Gasteiger partial charge >= 0.3 is 0 Å². The molecule has 1 unspecified atom stereocenters. The fourth-order valence-corrected chi connectivity index (χ4v) is 4.77.